The summed E-state index contributed by atoms with van der Waals surface area (Å²) in [7, 11) is 0. The number of hydrogen-bond acceptors (Lipinski definition) is 1. The van der Waals surface area contributed by atoms with Crippen molar-refractivity contribution in [2.75, 3.05) is 13.1 Å². The molecule has 1 atom stereocenters. The Morgan fingerprint density at radius 2 is 1.25 bits per heavy atom. The van der Waals surface area contributed by atoms with Crippen molar-refractivity contribution >= 4 is 0 Å². The van der Waals surface area contributed by atoms with Crippen molar-refractivity contribution in [3.63, 3.8) is 0 Å². The highest BCUT2D eigenvalue weighted by molar-refractivity contribution is 4.67. The zero-order valence-corrected chi connectivity index (χ0v) is 15.0. The lowest BCUT2D eigenvalue weighted by Gasteiger charge is -2.22. The van der Waals surface area contributed by atoms with E-state index in [0.717, 1.165) is 17.8 Å². The van der Waals surface area contributed by atoms with Gasteiger partial charge in [-0.15, -0.1) is 0 Å². The van der Waals surface area contributed by atoms with Crippen molar-refractivity contribution < 1.29 is 0 Å². The second-order valence-electron chi connectivity index (χ2n) is 7.32. The van der Waals surface area contributed by atoms with Crippen LogP contribution in [0.15, 0.2) is 0 Å². The zero-order valence-electron chi connectivity index (χ0n) is 15.0. The van der Waals surface area contributed by atoms with Crippen molar-refractivity contribution in [2.45, 2.75) is 92.4 Å². The van der Waals surface area contributed by atoms with Gasteiger partial charge in [0.2, 0.25) is 0 Å². The van der Waals surface area contributed by atoms with E-state index in [4.69, 9.17) is 0 Å². The summed E-state index contributed by atoms with van der Waals surface area (Å²) < 4.78 is 0. The van der Waals surface area contributed by atoms with Crippen molar-refractivity contribution in [2.24, 2.45) is 17.8 Å². The smallest absolute Gasteiger partial charge is 0.00180 e. The average Bonchev–Trinajstić information content (AvgIpc) is 2.39. The molecule has 1 unspecified atom stereocenters. The Bertz CT molecular complexity index is 186. The first kappa shape index (κ1) is 20.0. The van der Waals surface area contributed by atoms with Gasteiger partial charge in [-0.25, -0.2) is 0 Å². The molecular formula is C19H41N. The third-order valence-corrected chi connectivity index (χ3v) is 4.33. The molecule has 0 aliphatic heterocycles. The van der Waals surface area contributed by atoms with Gasteiger partial charge in [-0.1, -0.05) is 86.0 Å². The van der Waals surface area contributed by atoms with Gasteiger partial charge >= 0.3 is 0 Å². The molecule has 0 aromatic rings. The van der Waals surface area contributed by atoms with E-state index in [1.807, 2.05) is 0 Å². The molecule has 1 N–H and O–H groups in total. The van der Waals surface area contributed by atoms with Crippen LogP contribution >= 0.6 is 0 Å². The van der Waals surface area contributed by atoms with Crippen LogP contribution < -0.4 is 5.32 Å². The SMILES string of the molecule is CCCCCCCCCCC(CNCC(C)C)C(C)C. The largest absolute Gasteiger partial charge is 0.316 e. The van der Waals surface area contributed by atoms with Crippen LogP contribution in [-0.2, 0) is 0 Å². The first-order valence-electron chi connectivity index (χ1n) is 9.28. The molecule has 0 fully saturated rings. The zero-order chi connectivity index (χ0) is 15.2. The van der Waals surface area contributed by atoms with Crippen molar-refractivity contribution in [1.29, 1.82) is 0 Å². The van der Waals surface area contributed by atoms with Crippen molar-refractivity contribution in [3.8, 4) is 0 Å². The molecule has 0 radical (unpaired) electrons. The maximum atomic E-state index is 3.64. The maximum absolute atomic E-state index is 3.64. The predicted molar refractivity (Wildman–Crippen MR) is 93.3 cm³/mol. The van der Waals surface area contributed by atoms with Gasteiger partial charge in [0.15, 0.2) is 0 Å². The molecule has 122 valence electrons. The quantitative estimate of drug-likeness (QED) is 0.383. The molecule has 0 spiro atoms. The lowest BCUT2D eigenvalue weighted by Crippen LogP contribution is -2.29. The number of unbranched alkanes of at least 4 members (excludes halogenated alkanes) is 7. The predicted octanol–water partition coefficient (Wildman–Crippen LogP) is 6.04. The Kier molecular flexibility index (Phi) is 13.9. The maximum Gasteiger partial charge on any atom is -0.00180 e. The molecule has 0 aromatic carbocycles. The molecule has 20 heavy (non-hydrogen) atoms. The molecule has 0 heterocycles. The topological polar surface area (TPSA) is 12.0 Å². The van der Waals surface area contributed by atoms with Gasteiger partial charge in [0.1, 0.15) is 0 Å². The van der Waals surface area contributed by atoms with Crippen LogP contribution in [0.3, 0.4) is 0 Å². The Balaban J connectivity index is 3.51. The van der Waals surface area contributed by atoms with Gasteiger partial charge < -0.3 is 5.32 Å². The summed E-state index contributed by atoms with van der Waals surface area (Å²) in [6.45, 7) is 14.0. The first-order chi connectivity index (χ1) is 9.57. The molecule has 1 nitrogen and oxygen atoms in total. The van der Waals surface area contributed by atoms with Gasteiger partial charge in [0.25, 0.3) is 0 Å². The summed E-state index contributed by atoms with van der Waals surface area (Å²) >= 11 is 0. The van der Waals surface area contributed by atoms with Crippen molar-refractivity contribution in [1.82, 2.24) is 5.32 Å². The summed E-state index contributed by atoms with van der Waals surface area (Å²) in [6.07, 6.45) is 12.9. The Morgan fingerprint density at radius 3 is 1.75 bits per heavy atom. The third kappa shape index (κ3) is 13.0. The van der Waals surface area contributed by atoms with Crippen LogP contribution in [0.25, 0.3) is 0 Å². The van der Waals surface area contributed by atoms with Gasteiger partial charge in [0, 0.05) is 0 Å². The first-order valence-corrected chi connectivity index (χ1v) is 9.28. The molecule has 1 heteroatoms. The number of rotatable bonds is 14. The molecule has 0 bridgehead atoms. The van der Waals surface area contributed by atoms with Crippen LogP contribution in [0, 0.1) is 17.8 Å². The minimum atomic E-state index is 0.769. The van der Waals surface area contributed by atoms with Gasteiger partial charge in [0.05, 0.1) is 0 Å². The fourth-order valence-electron chi connectivity index (χ4n) is 2.77. The summed E-state index contributed by atoms with van der Waals surface area (Å²) in [6, 6.07) is 0. The van der Waals surface area contributed by atoms with E-state index in [0.29, 0.717) is 0 Å². The number of hydrogen-bond donors (Lipinski definition) is 1. The van der Waals surface area contributed by atoms with E-state index in [1.165, 1.54) is 70.9 Å². The van der Waals surface area contributed by atoms with E-state index < -0.39 is 0 Å². The fraction of sp³-hybridized carbons (Fsp3) is 1.00. The van der Waals surface area contributed by atoms with E-state index in [9.17, 15) is 0 Å². The number of nitrogens with one attached hydrogen (secondary N) is 1. The fourth-order valence-corrected chi connectivity index (χ4v) is 2.77. The Morgan fingerprint density at radius 1 is 0.700 bits per heavy atom. The summed E-state index contributed by atoms with van der Waals surface area (Å²) in [5.74, 6) is 2.46. The minimum absolute atomic E-state index is 0.769. The van der Waals surface area contributed by atoms with E-state index in [-0.39, 0.29) is 0 Å². The molecule has 0 rings (SSSR count). The summed E-state index contributed by atoms with van der Waals surface area (Å²) in [4.78, 5) is 0. The van der Waals surface area contributed by atoms with Gasteiger partial charge in [-0.3, -0.25) is 0 Å². The molecule has 0 aromatic heterocycles. The Labute approximate surface area is 129 Å². The molecule has 0 aliphatic rings. The van der Waals surface area contributed by atoms with E-state index in [1.54, 1.807) is 0 Å². The van der Waals surface area contributed by atoms with Crippen LogP contribution in [0.1, 0.15) is 92.4 Å². The second kappa shape index (κ2) is 13.9. The lowest BCUT2D eigenvalue weighted by atomic mass is 9.90. The average molecular weight is 284 g/mol. The summed E-state index contributed by atoms with van der Waals surface area (Å²) in [5.41, 5.74) is 0. The standard InChI is InChI=1S/C19H41N/c1-6-7-8-9-10-11-12-13-14-19(18(4)5)16-20-15-17(2)3/h17-20H,6-16H2,1-5H3. The Hall–Kier alpha value is -0.0400. The second-order valence-corrected chi connectivity index (χ2v) is 7.32. The monoisotopic (exact) mass is 283 g/mol. The van der Waals surface area contributed by atoms with Crippen LogP contribution in [-0.4, -0.2) is 13.1 Å². The van der Waals surface area contributed by atoms with Gasteiger partial charge in [-0.2, -0.15) is 0 Å². The summed E-state index contributed by atoms with van der Waals surface area (Å²) in [5, 5.41) is 3.64. The van der Waals surface area contributed by atoms with Crippen LogP contribution in [0.4, 0.5) is 0 Å². The highest BCUT2D eigenvalue weighted by Gasteiger charge is 2.12. The molecule has 0 saturated carbocycles. The van der Waals surface area contributed by atoms with Crippen LogP contribution in [0.2, 0.25) is 0 Å². The normalized spacial score (nSPS) is 13.3. The van der Waals surface area contributed by atoms with E-state index in [2.05, 4.69) is 39.9 Å². The molecular weight excluding hydrogens is 242 g/mol. The third-order valence-electron chi connectivity index (χ3n) is 4.33. The van der Waals surface area contributed by atoms with E-state index >= 15 is 0 Å². The molecule has 0 aliphatic carbocycles. The lowest BCUT2D eigenvalue weighted by molar-refractivity contribution is 0.323. The highest BCUT2D eigenvalue weighted by Crippen LogP contribution is 2.19. The highest BCUT2D eigenvalue weighted by atomic mass is 14.9. The minimum Gasteiger partial charge on any atom is -0.316 e. The van der Waals surface area contributed by atoms with Crippen molar-refractivity contribution in [3.05, 3.63) is 0 Å². The molecule has 0 saturated heterocycles. The van der Waals surface area contributed by atoms with Crippen LogP contribution in [0.5, 0.6) is 0 Å². The van der Waals surface area contributed by atoms with Gasteiger partial charge in [-0.05, 0) is 37.3 Å². The molecule has 0 amide bonds.